The minimum absolute atomic E-state index is 0.0119. The molecule has 4 saturated carbocycles. The number of aromatic amines is 2. The van der Waals surface area contributed by atoms with E-state index in [1.54, 1.807) is 69.4 Å². The fourth-order valence-electron chi connectivity index (χ4n) is 14.3. The number of nitrogens with one attached hydrogen (secondary N) is 2. The highest BCUT2D eigenvalue weighted by Crippen LogP contribution is 2.66. The van der Waals surface area contributed by atoms with Gasteiger partial charge in [0, 0.05) is 54.6 Å². The van der Waals surface area contributed by atoms with Crippen molar-refractivity contribution in [3.05, 3.63) is 120 Å². The summed E-state index contributed by atoms with van der Waals surface area (Å²) in [6, 6.07) is 10.7. The van der Waals surface area contributed by atoms with Crippen LogP contribution in [0.1, 0.15) is 132 Å². The molecule has 28 heteroatoms. The highest BCUT2D eigenvalue weighted by molar-refractivity contribution is 14.1. The number of rotatable bonds is 13. The van der Waals surface area contributed by atoms with Crippen molar-refractivity contribution in [2.75, 3.05) is 13.2 Å². The molecule has 0 bridgehead atoms. The number of phosphoric ester groups is 2. The summed E-state index contributed by atoms with van der Waals surface area (Å²) in [7, 11) is -7.95. The molecule has 15 atom stereocenters. The zero-order chi connectivity index (χ0) is 60.3. The standard InChI is InChI=1S/C40H50IN2O12P.C17H18IN2O8P/c1-22-5-4-6-30-26(22)20-50-56(49,55-30)51-21-32-31(18-34(52-32)43-19-29(41)37(47)42-38(43)48)53-35(45)11-12-36(46)54-33-10-9-27-25-8-7-23-17-24(44)13-15-39(23,2)28(25)14-16-40(27,33)3;1-9-3-2-4-13-10(9)7-25-29(24,28-13)26-8-14-12(21)5-15(27-14)20-6-11(18)16(22)19-17(20)23/h4-6,19,23,25,27-28,31-34H,7-18,20-21H2,1-3H3,(H,42,47,48);2-4,6,12,14-15,21H,5,7-8H2,1H3,(H,19,22,23)/t23-,25-,27-,28?,31+,32+,33?,34+,39-,40-,56?;12-,14-,15-,29?/m01/s1/i41-2;. The minimum Gasteiger partial charge on any atom is -0.462 e. The number of aliphatic hydroxyl groups excluding tert-OH is 1. The number of aromatic nitrogens is 4. The van der Waals surface area contributed by atoms with Gasteiger partial charge in [0.05, 0.1) is 52.5 Å². The van der Waals surface area contributed by atoms with Crippen LogP contribution in [0.15, 0.2) is 68.0 Å². The number of aryl methyl sites for hydroxylation is 2. The van der Waals surface area contributed by atoms with Gasteiger partial charge in [-0.3, -0.25) is 61.2 Å². The van der Waals surface area contributed by atoms with Crippen molar-refractivity contribution < 1.29 is 74.7 Å². The quantitative estimate of drug-likeness (QED) is 0.0641. The molecule has 4 aliphatic carbocycles. The Hall–Kier alpha value is -4.35. The number of hydrogen-bond acceptors (Lipinski definition) is 20. The topological polar surface area (TPSA) is 308 Å². The molecular weight excluding hydrogens is 1370 g/mol. The smallest absolute Gasteiger partial charge is 0.462 e. The summed E-state index contributed by atoms with van der Waals surface area (Å²) in [5, 5.41) is 10.3. The third-order valence-electron chi connectivity index (χ3n) is 19.0. The van der Waals surface area contributed by atoms with Crippen molar-refractivity contribution in [3.63, 3.8) is 0 Å². The number of H-pyrrole nitrogens is 2. The second-order valence-corrected chi connectivity index (χ2v) is 29.4. The summed E-state index contributed by atoms with van der Waals surface area (Å²) in [4.78, 5) is 91.6. The third-order valence-corrected chi connectivity index (χ3v) is 23.2. The molecule has 6 heterocycles. The summed E-state index contributed by atoms with van der Waals surface area (Å²) in [6.07, 6.45) is 5.17. The molecule has 12 rings (SSSR count). The number of ketones is 1. The van der Waals surface area contributed by atoms with E-state index in [9.17, 15) is 47.8 Å². The lowest BCUT2D eigenvalue weighted by Gasteiger charge is -2.60. The van der Waals surface area contributed by atoms with Crippen molar-refractivity contribution in [1.29, 1.82) is 0 Å². The maximum absolute atomic E-state index is 13.5. The van der Waals surface area contributed by atoms with Crippen LogP contribution in [0.2, 0.25) is 0 Å². The van der Waals surface area contributed by atoms with Gasteiger partial charge >= 0.3 is 39.0 Å². The lowest BCUT2D eigenvalue weighted by Crippen LogP contribution is -2.54. The van der Waals surface area contributed by atoms with Gasteiger partial charge in [-0.25, -0.2) is 18.7 Å². The first-order valence-corrected chi connectivity index (χ1v) is 33.8. The van der Waals surface area contributed by atoms with E-state index in [-0.39, 0.29) is 72.6 Å². The van der Waals surface area contributed by atoms with Crippen molar-refractivity contribution >= 4 is 78.5 Å². The van der Waals surface area contributed by atoms with Crippen molar-refractivity contribution in [1.82, 2.24) is 19.1 Å². The van der Waals surface area contributed by atoms with Crippen LogP contribution in [0.4, 0.5) is 0 Å². The van der Waals surface area contributed by atoms with Crippen LogP contribution < -0.4 is 31.5 Å². The minimum atomic E-state index is -4.08. The first kappa shape index (κ1) is 62.3. The number of esters is 2. The number of fused-ring (bicyclic) bond motifs is 7. The molecule has 24 nitrogen and oxygen atoms in total. The predicted octanol–water partition coefficient (Wildman–Crippen LogP) is 8.52. The van der Waals surface area contributed by atoms with Crippen LogP contribution in [0, 0.1) is 55.5 Å². The van der Waals surface area contributed by atoms with E-state index in [2.05, 4.69) is 23.8 Å². The third kappa shape index (κ3) is 12.9. The number of Topliss-reactive ketones (excluding diaryl/α,β-unsaturated/α-hetero) is 1. The average Bonchev–Trinajstić information content (AvgIpc) is 1.95. The number of benzene rings is 2. The molecule has 2 saturated heterocycles. The lowest BCUT2D eigenvalue weighted by molar-refractivity contribution is -0.167. The Labute approximate surface area is 515 Å². The van der Waals surface area contributed by atoms with Gasteiger partial charge in [-0.15, -0.1) is 0 Å². The molecule has 0 radical (unpaired) electrons. The van der Waals surface area contributed by atoms with E-state index in [1.807, 2.05) is 26.0 Å². The van der Waals surface area contributed by atoms with E-state index in [0.717, 1.165) is 73.6 Å². The van der Waals surface area contributed by atoms with Crippen molar-refractivity contribution in [2.45, 2.75) is 167 Å². The molecule has 4 aliphatic heterocycles. The van der Waals surface area contributed by atoms with Crippen LogP contribution in [0.5, 0.6) is 11.5 Å². The second-order valence-electron chi connectivity index (χ2n) is 23.9. The summed E-state index contributed by atoms with van der Waals surface area (Å²) in [6.45, 7) is 7.95. The van der Waals surface area contributed by atoms with E-state index in [4.69, 9.17) is 46.1 Å². The van der Waals surface area contributed by atoms with Gasteiger partial charge in [-0.1, -0.05) is 38.1 Å². The Morgan fingerprint density at radius 1 is 0.729 bits per heavy atom. The maximum Gasteiger partial charge on any atom is 0.530 e. The Bertz CT molecular complexity index is 3610. The van der Waals surface area contributed by atoms with Gasteiger partial charge in [-0.2, -0.15) is 0 Å². The molecule has 0 spiro atoms. The van der Waals surface area contributed by atoms with Gasteiger partial charge < -0.3 is 33.1 Å². The normalized spacial score (nSPS) is 34.4. The number of halogens is 2. The first-order chi connectivity index (χ1) is 40.4. The zero-order valence-corrected chi connectivity index (χ0v) is 53.3. The number of phosphoric acid groups is 2. The summed E-state index contributed by atoms with van der Waals surface area (Å²) in [5.41, 5.74) is 1.09. The molecular formula is C57H68I2N4O20P2. The molecule has 2 aromatic carbocycles. The molecule has 460 valence electrons. The van der Waals surface area contributed by atoms with Crippen LogP contribution in [0.3, 0.4) is 0 Å². The fraction of sp³-hybridized carbons (Fsp3) is 0.596. The van der Waals surface area contributed by atoms with Gasteiger partial charge in [0.25, 0.3) is 11.1 Å². The van der Waals surface area contributed by atoms with E-state index in [1.165, 1.54) is 21.5 Å². The highest BCUT2D eigenvalue weighted by atomic mass is 127. The summed E-state index contributed by atoms with van der Waals surface area (Å²) >= 11 is 3.60. The van der Waals surface area contributed by atoms with Crippen molar-refractivity contribution in [3.8, 4) is 11.5 Å². The molecule has 0 amide bonds. The van der Waals surface area contributed by atoms with E-state index >= 15 is 0 Å². The van der Waals surface area contributed by atoms with E-state index in [0.29, 0.717) is 50.9 Å². The summed E-state index contributed by atoms with van der Waals surface area (Å²) < 4.78 is 85.9. The Balaban J connectivity index is 0.000000217. The average molecular weight is 1440 g/mol. The number of hydrogen-bond donors (Lipinski definition) is 3. The van der Waals surface area contributed by atoms with Crippen LogP contribution in [0.25, 0.3) is 0 Å². The predicted molar refractivity (Wildman–Crippen MR) is 317 cm³/mol. The van der Waals surface area contributed by atoms with Gasteiger partial charge in [0.1, 0.15) is 54.2 Å². The fourth-order valence-corrected chi connectivity index (χ4v) is 17.6. The van der Waals surface area contributed by atoms with Crippen molar-refractivity contribution in [2.24, 2.45) is 34.5 Å². The number of aliphatic hydroxyl groups is 1. The summed E-state index contributed by atoms with van der Waals surface area (Å²) in [5.74, 6) is 2.22. The molecule has 85 heavy (non-hydrogen) atoms. The Kier molecular flexibility index (Phi) is 18.2. The van der Waals surface area contributed by atoms with Crippen LogP contribution in [-0.4, -0.2) is 85.7 Å². The zero-order valence-electron chi connectivity index (χ0n) is 47.2. The first-order valence-electron chi connectivity index (χ1n) is 28.7. The van der Waals surface area contributed by atoms with Crippen LogP contribution >= 0.6 is 60.8 Å². The van der Waals surface area contributed by atoms with Gasteiger partial charge in [0.15, 0.2) is 0 Å². The monoisotopic (exact) mass is 1440 g/mol. The van der Waals surface area contributed by atoms with Gasteiger partial charge in [-0.05, 0) is 156 Å². The SMILES string of the molecule is Cc1cccc2c1COP(=O)(OC[C@H]1O[C@@H](n3cc(I)c(=O)[nH]c3=O)C[C@H]1O)O2.Cc1cccc2c1COP(=O)(OC[C@H]1O[C@@H](n3cc([125I])c(=O)[nH]c3=O)C[C@H]1OC(=O)CCC(=O)OC1CC[C@H]3[C@@H]4CC[C@H]5CC(=O)CC[C@]5(C)C4CC[C@]13C)O2. The number of carbonyl (C=O) groups is 3. The Morgan fingerprint density at radius 3 is 1.96 bits per heavy atom. The van der Waals surface area contributed by atoms with Crippen LogP contribution in [-0.2, 0) is 73.8 Å². The lowest BCUT2D eigenvalue weighted by atomic mass is 9.45. The largest absolute Gasteiger partial charge is 0.530 e. The molecule has 3 N–H and O–H groups in total. The highest BCUT2D eigenvalue weighted by Gasteiger charge is 2.61. The molecule has 8 aliphatic rings. The Morgan fingerprint density at radius 2 is 1.31 bits per heavy atom. The number of nitrogens with zero attached hydrogens (tertiary/aromatic N) is 2. The number of carbonyl (C=O) groups excluding carboxylic acids is 3. The molecule has 4 aromatic rings. The molecule has 6 fully saturated rings. The maximum atomic E-state index is 13.5. The molecule has 2 aromatic heterocycles. The van der Waals surface area contributed by atoms with E-state index < -0.39 is 87.0 Å². The number of ether oxygens (including phenoxy) is 4. The van der Waals surface area contributed by atoms with Gasteiger partial charge in [0.2, 0.25) is 0 Å². The second kappa shape index (κ2) is 24.9. The molecule has 4 unspecified atom stereocenters.